The summed E-state index contributed by atoms with van der Waals surface area (Å²) in [5.41, 5.74) is 0. The van der Waals surface area contributed by atoms with Crippen LogP contribution in [-0.2, 0) is 0 Å². The average Bonchev–Trinajstić information content (AvgIpc) is 2.17. The summed E-state index contributed by atoms with van der Waals surface area (Å²) in [5, 5.41) is 0. The molecule has 0 heterocycles. The van der Waals surface area contributed by atoms with Gasteiger partial charge >= 0.3 is 0 Å². The van der Waals surface area contributed by atoms with Gasteiger partial charge < -0.3 is 4.74 Å². The highest BCUT2D eigenvalue weighted by molar-refractivity contribution is 9.10. The Morgan fingerprint density at radius 2 is 1.85 bits per heavy atom. The second-order valence-electron chi connectivity index (χ2n) is 2.99. The first-order valence-corrected chi connectivity index (χ1v) is 5.48. The molecule has 0 radical (unpaired) electrons. The topological polar surface area (TPSA) is 9.23 Å². The van der Waals surface area contributed by atoms with Crippen molar-refractivity contribution in [3.05, 3.63) is 28.7 Å². The van der Waals surface area contributed by atoms with Gasteiger partial charge in [-0.05, 0) is 40.9 Å². The van der Waals surface area contributed by atoms with Crippen LogP contribution in [0.1, 0.15) is 26.7 Å². The molecule has 1 rings (SSSR count). The fourth-order valence-electron chi connectivity index (χ4n) is 1.18. The van der Waals surface area contributed by atoms with Crippen LogP contribution >= 0.6 is 15.9 Å². The second-order valence-corrected chi connectivity index (χ2v) is 3.84. The predicted octanol–water partition coefficient (Wildman–Crippen LogP) is 4.02. The number of ether oxygens (including phenoxy) is 1. The largest absolute Gasteiger partial charge is 0.489 e. The summed E-state index contributed by atoms with van der Waals surface area (Å²) in [6, 6.07) is 7.96. The van der Waals surface area contributed by atoms with E-state index in [0.29, 0.717) is 6.10 Å². The summed E-state index contributed by atoms with van der Waals surface area (Å²) in [4.78, 5) is 0. The van der Waals surface area contributed by atoms with Crippen LogP contribution < -0.4 is 4.74 Å². The van der Waals surface area contributed by atoms with Crippen LogP contribution in [0.25, 0.3) is 0 Å². The number of para-hydroxylation sites is 1. The molecular weight excluding hydrogens is 228 g/mol. The highest BCUT2D eigenvalue weighted by Crippen LogP contribution is 2.25. The van der Waals surface area contributed by atoms with Crippen LogP contribution in [0.15, 0.2) is 28.7 Å². The summed E-state index contributed by atoms with van der Waals surface area (Å²) in [6.45, 7) is 4.29. The van der Waals surface area contributed by atoms with Gasteiger partial charge in [-0.15, -0.1) is 0 Å². The van der Waals surface area contributed by atoms with Crippen LogP contribution in [0, 0.1) is 0 Å². The summed E-state index contributed by atoms with van der Waals surface area (Å²) in [7, 11) is 0. The van der Waals surface area contributed by atoms with E-state index in [1.165, 1.54) is 0 Å². The molecule has 13 heavy (non-hydrogen) atoms. The monoisotopic (exact) mass is 242 g/mol. The number of rotatable bonds is 4. The molecule has 0 saturated carbocycles. The zero-order chi connectivity index (χ0) is 9.68. The number of halogens is 1. The van der Waals surface area contributed by atoms with E-state index < -0.39 is 0 Å². The first-order valence-electron chi connectivity index (χ1n) is 4.69. The summed E-state index contributed by atoms with van der Waals surface area (Å²) < 4.78 is 6.83. The molecule has 0 aromatic heterocycles. The Morgan fingerprint density at radius 3 is 2.38 bits per heavy atom. The average molecular weight is 243 g/mol. The van der Waals surface area contributed by atoms with E-state index in [1.807, 2.05) is 24.3 Å². The van der Waals surface area contributed by atoms with Gasteiger partial charge in [-0.3, -0.25) is 0 Å². The molecule has 0 saturated heterocycles. The molecule has 72 valence electrons. The SMILES string of the molecule is CCC(CC)Oc1ccccc1Br. The van der Waals surface area contributed by atoms with Gasteiger partial charge in [-0.2, -0.15) is 0 Å². The summed E-state index contributed by atoms with van der Waals surface area (Å²) in [6.07, 6.45) is 2.44. The quantitative estimate of drug-likeness (QED) is 0.776. The maximum Gasteiger partial charge on any atom is 0.133 e. The van der Waals surface area contributed by atoms with E-state index in [1.54, 1.807) is 0 Å². The lowest BCUT2D eigenvalue weighted by Gasteiger charge is -2.16. The van der Waals surface area contributed by atoms with Gasteiger partial charge in [0, 0.05) is 0 Å². The van der Waals surface area contributed by atoms with Crippen LogP contribution in [0.4, 0.5) is 0 Å². The molecule has 2 heteroatoms. The van der Waals surface area contributed by atoms with Crippen LogP contribution in [-0.4, -0.2) is 6.10 Å². The second kappa shape index (κ2) is 5.28. The minimum Gasteiger partial charge on any atom is -0.489 e. The fourth-order valence-corrected chi connectivity index (χ4v) is 1.55. The van der Waals surface area contributed by atoms with E-state index in [-0.39, 0.29) is 0 Å². The van der Waals surface area contributed by atoms with Crippen LogP contribution in [0.5, 0.6) is 5.75 Å². The number of hydrogen-bond acceptors (Lipinski definition) is 1. The van der Waals surface area contributed by atoms with E-state index in [9.17, 15) is 0 Å². The molecular formula is C11H15BrO. The lowest BCUT2D eigenvalue weighted by molar-refractivity contribution is 0.191. The third kappa shape index (κ3) is 3.03. The standard InChI is InChI=1S/C11H15BrO/c1-3-9(4-2)13-11-8-6-5-7-10(11)12/h5-9H,3-4H2,1-2H3. The Bertz CT molecular complexity index is 256. The van der Waals surface area contributed by atoms with Crippen molar-refractivity contribution in [2.75, 3.05) is 0 Å². The lowest BCUT2D eigenvalue weighted by Crippen LogP contribution is -2.13. The Kier molecular flexibility index (Phi) is 4.29. The maximum atomic E-state index is 5.80. The third-order valence-electron chi connectivity index (χ3n) is 2.04. The number of benzene rings is 1. The minimum atomic E-state index is 0.332. The normalized spacial score (nSPS) is 10.5. The van der Waals surface area contributed by atoms with Gasteiger partial charge in [0.1, 0.15) is 5.75 Å². The maximum absolute atomic E-state index is 5.80. The van der Waals surface area contributed by atoms with Crippen molar-refractivity contribution < 1.29 is 4.74 Å². The first kappa shape index (κ1) is 10.6. The van der Waals surface area contributed by atoms with Gasteiger partial charge in [-0.25, -0.2) is 0 Å². The molecule has 1 nitrogen and oxygen atoms in total. The molecule has 0 aliphatic heterocycles. The van der Waals surface area contributed by atoms with Crippen molar-refractivity contribution in [1.29, 1.82) is 0 Å². The third-order valence-corrected chi connectivity index (χ3v) is 2.70. The molecule has 0 N–H and O–H groups in total. The van der Waals surface area contributed by atoms with Crippen LogP contribution in [0.3, 0.4) is 0 Å². The van der Waals surface area contributed by atoms with Crippen molar-refractivity contribution in [3.8, 4) is 5.75 Å². The Labute approximate surface area is 88.2 Å². The zero-order valence-electron chi connectivity index (χ0n) is 8.09. The van der Waals surface area contributed by atoms with Crippen LogP contribution in [0.2, 0.25) is 0 Å². The van der Waals surface area contributed by atoms with E-state index >= 15 is 0 Å². The molecule has 0 fully saturated rings. The van der Waals surface area contributed by atoms with E-state index in [4.69, 9.17) is 4.74 Å². The van der Waals surface area contributed by atoms with Gasteiger partial charge in [0.2, 0.25) is 0 Å². The molecule has 0 amide bonds. The van der Waals surface area contributed by atoms with Gasteiger partial charge in [0.25, 0.3) is 0 Å². The Hall–Kier alpha value is -0.500. The fraction of sp³-hybridized carbons (Fsp3) is 0.455. The van der Waals surface area contributed by atoms with E-state index in [2.05, 4.69) is 29.8 Å². The lowest BCUT2D eigenvalue weighted by atomic mass is 10.2. The predicted molar refractivity (Wildman–Crippen MR) is 59.1 cm³/mol. The van der Waals surface area contributed by atoms with Crippen molar-refractivity contribution in [2.24, 2.45) is 0 Å². The van der Waals surface area contributed by atoms with Crippen molar-refractivity contribution in [1.82, 2.24) is 0 Å². The Balaban J connectivity index is 2.67. The molecule has 0 aliphatic rings. The molecule has 1 aromatic rings. The minimum absolute atomic E-state index is 0.332. The molecule has 0 atom stereocenters. The summed E-state index contributed by atoms with van der Waals surface area (Å²) in [5.74, 6) is 0.941. The molecule has 0 unspecified atom stereocenters. The molecule has 1 aromatic carbocycles. The summed E-state index contributed by atoms with van der Waals surface area (Å²) >= 11 is 3.46. The van der Waals surface area contributed by atoms with Crippen molar-refractivity contribution in [2.45, 2.75) is 32.8 Å². The molecule has 0 spiro atoms. The zero-order valence-corrected chi connectivity index (χ0v) is 9.67. The molecule has 0 bridgehead atoms. The van der Waals surface area contributed by atoms with Gasteiger partial charge in [-0.1, -0.05) is 26.0 Å². The number of hydrogen-bond donors (Lipinski definition) is 0. The Morgan fingerprint density at radius 1 is 1.23 bits per heavy atom. The van der Waals surface area contributed by atoms with Gasteiger partial charge in [0.15, 0.2) is 0 Å². The highest BCUT2D eigenvalue weighted by Gasteiger charge is 2.06. The van der Waals surface area contributed by atoms with Gasteiger partial charge in [0.05, 0.1) is 10.6 Å². The van der Waals surface area contributed by atoms with Crippen molar-refractivity contribution >= 4 is 15.9 Å². The van der Waals surface area contributed by atoms with E-state index in [0.717, 1.165) is 23.1 Å². The molecule has 0 aliphatic carbocycles. The van der Waals surface area contributed by atoms with Crippen molar-refractivity contribution in [3.63, 3.8) is 0 Å². The first-order chi connectivity index (χ1) is 6.27. The smallest absolute Gasteiger partial charge is 0.133 e. The highest BCUT2D eigenvalue weighted by atomic mass is 79.9.